The predicted molar refractivity (Wildman–Crippen MR) is 62.6 cm³/mol. The first-order valence-electron chi connectivity index (χ1n) is 5.24. The first-order valence-corrected chi connectivity index (χ1v) is 6.06. The molecule has 1 unspecified atom stereocenters. The number of aryl methyl sites for hydroxylation is 1. The van der Waals surface area contributed by atoms with Gasteiger partial charge < -0.3 is 10.2 Å². The minimum Gasteiger partial charge on any atom is -0.353 e. The Morgan fingerprint density at radius 3 is 2.94 bits per heavy atom. The zero-order valence-corrected chi connectivity index (χ0v) is 10.1. The normalized spacial score (nSPS) is 20.8. The van der Waals surface area contributed by atoms with Crippen LogP contribution in [0.1, 0.15) is 21.5 Å². The summed E-state index contributed by atoms with van der Waals surface area (Å²) in [5, 5.41) is 2.74. The molecule has 86 valence electrons. The molecule has 0 saturated carbocycles. The smallest absolute Gasteiger partial charge is 0.264 e. The SMILES string of the molecule is Cc1ccc(C(=O)N2CCNC(=O)C2C)s1. The summed E-state index contributed by atoms with van der Waals surface area (Å²) < 4.78 is 0. The van der Waals surface area contributed by atoms with Crippen LogP contribution < -0.4 is 5.32 Å². The van der Waals surface area contributed by atoms with Crippen LogP contribution in [0.3, 0.4) is 0 Å². The zero-order valence-electron chi connectivity index (χ0n) is 9.32. The van der Waals surface area contributed by atoms with E-state index in [-0.39, 0.29) is 17.9 Å². The Morgan fingerprint density at radius 2 is 2.31 bits per heavy atom. The quantitative estimate of drug-likeness (QED) is 0.794. The van der Waals surface area contributed by atoms with Gasteiger partial charge in [0.2, 0.25) is 5.91 Å². The van der Waals surface area contributed by atoms with Gasteiger partial charge in [0.1, 0.15) is 6.04 Å². The molecule has 16 heavy (non-hydrogen) atoms. The van der Waals surface area contributed by atoms with Crippen molar-refractivity contribution in [1.82, 2.24) is 10.2 Å². The second-order valence-electron chi connectivity index (χ2n) is 3.88. The number of nitrogens with zero attached hydrogens (tertiary/aromatic N) is 1. The van der Waals surface area contributed by atoms with Crippen molar-refractivity contribution >= 4 is 23.2 Å². The van der Waals surface area contributed by atoms with Crippen molar-refractivity contribution in [2.75, 3.05) is 13.1 Å². The van der Waals surface area contributed by atoms with Gasteiger partial charge in [-0.1, -0.05) is 0 Å². The van der Waals surface area contributed by atoms with E-state index in [4.69, 9.17) is 0 Å². The molecule has 2 rings (SSSR count). The fourth-order valence-corrected chi connectivity index (χ4v) is 2.57. The van der Waals surface area contributed by atoms with Gasteiger partial charge in [-0.05, 0) is 26.0 Å². The Morgan fingerprint density at radius 1 is 1.56 bits per heavy atom. The maximum atomic E-state index is 12.1. The lowest BCUT2D eigenvalue weighted by atomic mass is 10.2. The van der Waals surface area contributed by atoms with Crippen molar-refractivity contribution in [2.24, 2.45) is 0 Å². The fourth-order valence-electron chi connectivity index (χ4n) is 1.75. The van der Waals surface area contributed by atoms with Crippen LogP contribution in [-0.4, -0.2) is 35.8 Å². The summed E-state index contributed by atoms with van der Waals surface area (Å²) in [6.45, 7) is 4.85. The minimum atomic E-state index is -0.372. The van der Waals surface area contributed by atoms with Gasteiger partial charge >= 0.3 is 0 Å². The number of carbonyl (C=O) groups excluding carboxylic acids is 2. The molecule has 1 atom stereocenters. The lowest BCUT2D eigenvalue weighted by Crippen LogP contribution is -2.55. The maximum Gasteiger partial charge on any atom is 0.264 e. The molecule has 4 nitrogen and oxygen atoms in total. The van der Waals surface area contributed by atoms with Gasteiger partial charge in [0.05, 0.1) is 4.88 Å². The second-order valence-corrected chi connectivity index (χ2v) is 5.16. The summed E-state index contributed by atoms with van der Waals surface area (Å²) in [5.41, 5.74) is 0. The van der Waals surface area contributed by atoms with Crippen LogP contribution in [-0.2, 0) is 4.79 Å². The van der Waals surface area contributed by atoms with Crippen molar-refractivity contribution in [3.8, 4) is 0 Å². The maximum absolute atomic E-state index is 12.1. The molecule has 0 aliphatic carbocycles. The molecule has 0 spiro atoms. The molecule has 0 radical (unpaired) electrons. The third-order valence-electron chi connectivity index (χ3n) is 2.71. The van der Waals surface area contributed by atoms with Gasteiger partial charge in [-0.2, -0.15) is 0 Å². The minimum absolute atomic E-state index is 0.0412. The van der Waals surface area contributed by atoms with E-state index in [1.807, 2.05) is 19.1 Å². The van der Waals surface area contributed by atoms with Gasteiger partial charge in [0, 0.05) is 18.0 Å². The summed E-state index contributed by atoms with van der Waals surface area (Å²) in [5.74, 6) is -0.117. The Labute approximate surface area is 98.3 Å². The number of thiophene rings is 1. The van der Waals surface area contributed by atoms with E-state index in [1.165, 1.54) is 11.3 Å². The van der Waals surface area contributed by atoms with Crippen LogP contribution in [0.4, 0.5) is 0 Å². The van der Waals surface area contributed by atoms with E-state index in [0.717, 1.165) is 4.88 Å². The van der Waals surface area contributed by atoms with Gasteiger partial charge in [-0.3, -0.25) is 9.59 Å². The molecule has 1 N–H and O–H groups in total. The van der Waals surface area contributed by atoms with Crippen LogP contribution in [0.5, 0.6) is 0 Å². The number of rotatable bonds is 1. The molecule has 1 fully saturated rings. The average Bonchev–Trinajstić information content (AvgIpc) is 2.68. The van der Waals surface area contributed by atoms with Gasteiger partial charge in [-0.15, -0.1) is 11.3 Å². The van der Waals surface area contributed by atoms with Crippen molar-refractivity contribution < 1.29 is 9.59 Å². The number of nitrogens with one attached hydrogen (secondary N) is 1. The monoisotopic (exact) mass is 238 g/mol. The topological polar surface area (TPSA) is 49.4 Å². The third-order valence-corrected chi connectivity index (χ3v) is 3.70. The second kappa shape index (κ2) is 4.25. The van der Waals surface area contributed by atoms with Crippen molar-refractivity contribution in [3.63, 3.8) is 0 Å². The highest BCUT2D eigenvalue weighted by molar-refractivity contribution is 7.13. The number of carbonyl (C=O) groups is 2. The van der Waals surface area contributed by atoms with Crippen LogP contribution in [0.15, 0.2) is 12.1 Å². The number of hydrogen-bond donors (Lipinski definition) is 1. The van der Waals surface area contributed by atoms with Crippen LogP contribution in [0.25, 0.3) is 0 Å². The number of piperazine rings is 1. The highest BCUT2D eigenvalue weighted by Gasteiger charge is 2.30. The number of hydrogen-bond acceptors (Lipinski definition) is 3. The van der Waals surface area contributed by atoms with E-state index in [9.17, 15) is 9.59 Å². The van der Waals surface area contributed by atoms with E-state index in [2.05, 4.69) is 5.32 Å². The highest BCUT2D eigenvalue weighted by atomic mass is 32.1. The fraction of sp³-hybridized carbons (Fsp3) is 0.455. The summed E-state index contributed by atoms with van der Waals surface area (Å²) in [4.78, 5) is 27.0. The summed E-state index contributed by atoms with van der Waals surface area (Å²) in [6, 6.07) is 3.37. The first kappa shape index (κ1) is 11.1. The van der Waals surface area contributed by atoms with Crippen LogP contribution in [0, 0.1) is 6.92 Å². The van der Waals surface area contributed by atoms with Gasteiger partial charge in [0.15, 0.2) is 0 Å². The standard InChI is InChI=1S/C11H14N2O2S/c1-7-3-4-9(16-7)11(15)13-6-5-12-10(14)8(13)2/h3-4,8H,5-6H2,1-2H3,(H,12,14). The molecule has 2 heterocycles. The van der Waals surface area contributed by atoms with Gasteiger partial charge in [-0.25, -0.2) is 0 Å². The summed E-state index contributed by atoms with van der Waals surface area (Å²) in [6.07, 6.45) is 0. The first-order chi connectivity index (χ1) is 7.59. The van der Waals surface area contributed by atoms with E-state index >= 15 is 0 Å². The van der Waals surface area contributed by atoms with Crippen molar-refractivity contribution in [3.05, 3.63) is 21.9 Å². The molecule has 1 saturated heterocycles. The van der Waals surface area contributed by atoms with E-state index < -0.39 is 0 Å². The Balaban J connectivity index is 2.18. The van der Waals surface area contributed by atoms with Crippen molar-refractivity contribution in [2.45, 2.75) is 19.9 Å². The molecule has 1 aliphatic heterocycles. The Bertz CT molecular complexity index is 427. The van der Waals surface area contributed by atoms with E-state index in [1.54, 1.807) is 11.8 Å². The Hall–Kier alpha value is -1.36. The lowest BCUT2D eigenvalue weighted by molar-refractivity contribution is -0.127. The van der Waals surface area contributed by atoms with E-state index in [0.29, 0.717) is 18.0 Å². The predicted octanol–water partition coefficient (Wildman–Crippen LogP) is 1.02. The van der Waals surface area contributed by atoms with Crippen molar-refractivity contribution in [1.29, 1.82) is 0 Å². The molecular weight excluding hydrogens is 224 g/mol. The lowest BCUT2D eigenvalue weighted by Gasteiger charge is -2.32. The molecular formula is C11H14N2O2S. The van der Waals surface area contributed by atoms with Crippen LogP contribution >= 0.6 is 11.3 Å². The largest absolute Gasteiger partial charge is 0.353 e. The molecule has 2 amide bonds. The molecule has 1 aromatic rings. The van der Waals surface area contributed by atoms with Crippen LogP contribution in [0.2, 0.25) is 0 Å². The molecule has 1 aliphatic rings. The molecule has 0 bridgehead atoms. The molecule has 5 heteroatoms. The number of amides is 2. The molecule has 0 aromatic carbocycles. The molecule has 1 aromatic heterocycles. The van der Waals surface area contributed by atoms with Gasteiger partial charge in [0.25, 0.3) is 5.91 Å². The zero-order chi connectivity index (χ0) is 11.7. The third kappa shape index (κ3) is 1.95. The Kier molecular flexibility index (Phi) is 2.96. The summed E-state index contributed by atoms with van der Waals surface area (Å²) >= 11 is 1.47. The average molecular weight is 238 g/mol. The highest BCUT2D eigenvalue weighted by Crippen LogP contribution is 2.19. The summed E-state index contributed by atoms with van der Waals surface area (Å²) in [7, 11) is 0.